The molecule has 0 radical (unpaired) electrons. The van der Waals surface area contributed by atoms with Crippen LogP contribution in [0, 0.1) is 0 Å². The molecule has 1 aromatic carbocycles. The summed E-state index contributed by atoms with van der Waals surface area (Å²) in [5.74, 6) is -0.920. The monoisotopic (exact) mass is 522 g/mol. The highest BCUT2D eigenvalue weighted by molar-refractivity contribution is 5.95. The van der Waals surface area contributed by atoms with Gasteiger partial charge in [-0.1, -0.05) is 12.1 Å². The largest absolute Gasteiger partial charge is 0.488 e. The molecule has 1 aromatic heterocycles. The van der Waals surface area contributed by atoms with Gasteiger partial charge in [0.05, 0.1) is 6.61 Å². The number of carbonyl (C=O) groups is 3. The summed E-state index contributed by atoms with van der Waals surface area (Å²) in [4.78, 5) is 43.6. The first kappa shape index (κ1) is 27.6. The van der Waals surface area contributed by atoms with Crippen LogP contribution in [0.2, 0.25) is 0 Å². The minimum atomic E-state index is -0.798. The second-order valence-electron chi connectivity index (χ2n) is 10.4. The molecule has 38 heavy (non-hydrogen) atoms. The lowest BCUT2D eigenvalue weighted by Gasteiger charge is -2.34. The van der Waals surface area contributed by atoms with Crippen LogP contribution in [-0.4, -0.2) is 53.0 Å². The molecule has 1 fully saturated rings. The topological polar surface area (TPSA) is 110 Å². The Morgan fingerprint density at radius 3 is 2.63 bits per heavy atom. The van der Waals surface area contributed by atoms with Gasteiger partial charge in [-0.05, 0) is 94.9 Å². The van der Waals surface area contributed by atoms with Crippen LogP contribution in [0.15, 0.2) is 41.8 Å². The molecule has 0 aliphatic carbocycles. The summed E-state index contributed by atoms with van der Waals surface area (Å²) >= 11 is 0. The number of aryl methyl sites for hydroxylation is 1. The molecular formula is C29H38N4O5. The van der Waals surface area contributed by atoms with Crippen LogP contribution in [0.1, 0.15) is 77.2 Å². The molecule has 9 heteroatoms. The number of amides is 2. The number of benzene rings is 1. The maximum atomic E-state index is 13.1. The van der Waals surface area contributed by atoms with Crippen LogP contribution in [0.3, 0.4) is 0 Å². The first-order valence-corrected chi connectivity index (χ1v) is 13.5. The van der Waals surface area contributed by atoms with Crippen molar-refractivity contribution in [3.63, 3.8) is 0 Å². The van der Waals surface area contributed by atoms with E-state index in [1.54, 1.807) is 6.92 Å². The minimum absolute atomic E-state index is 0.237. The van der Waals surface area contributed by atoms with E-state index in [0.29, 0.717) is 26.0 Å². The summed E-state index contributed by atoms with van der Waals surface area (Å²) < 4.78 is 11.6. The highest BCUT2D eigenvalue weighted by Gasteiger charge is 2.32. The summed E-state index contributed by atoms with van der Waals surface area (Å²) in [6.45, 7) is 7.96. The minimum Gasteiger partial charge on any atom is -0.488 e. The average Bonchev–Trinajstić information content (AvgIpc) is 2.90. The van der Waals surface area contributed by atoms with Crippen molar-refractivity contribution >= 4 is 28.6 Å². The van der Waals surface area contributed by atoms with E-state index in [1.165, 1.54) is 5.01 Å². The fourth-order valence-corrected chi connectivity index (χ4v) is 4.79. The Morgan fingerprint density at radius 2 is 1.84 bits per heavy atom. The van der Waals surface area contributed by atoms with E-state index in [0.717, 1.165) is 53.3 Å². The first-order chi connectivity index (χ1) is 18.2. The lowest BCUT2D eigenvalue weighted by atomic mass is 10.0. The standard InChI is InChI=1S/C29H38N4O5/c1-18(2)26-27(34)31-19(3)28(35)33-13-8-10-25(32-33)29(36)38-20(4)21-11-12-22-17-30-24(16-23(22)15-21)9-6-5-7-14-37-26/h11-12,15-17,19-20,25,32H,5-10,13-14H2,1-4H3,(H,31,34)/t19-,20+,25-/m0/s1. The smallest absolute Gasteiger partial charge is 0.325 e. The molecule has 2 amide bonds. The summed E-state index contributed by atoms with van der Waals surface area (Å²) in [6.07, 6.45) is 6.14. The Bertz CT molecular complexity index is 1220. The van der Waals surface area contributed by atoms with Gasteiger partial charge in [-0.3, -0.25) is 24.4 Å². The second kappa shape index (κ2) is 12.4. The number of rotatable bonds is 0. The molecule has 1 saturated heterocycles. The predicted octanol–water partition coefficient (Wildman–Crippen LogP) is 3.88. The zero-order chi connectivity index (χ0) is 27.2. The van der Waals surface area contributed by atoms with Gasteiger partial charge >= 0.3 is 5.97 Å². The van der Waals surface area contributed by atoms with Crippen LogP contribution in [-0.2, 0) is 30.3 Å². The number of allylic oxidation sites excluding steroid dienone is 1. The van der Waals surface area contributed by atoms with Crippen molar-refractivity contribution in [1.29, 1.82) is 0 Å². The normalized spacial score (nSPS) is 24.3. The quantitative estimate of drug-likeness (QED) is 0.399. The van der Waals surface area contributed by atoms with E-state index < -0.39 is 30.1 Å². The van der Waals surface area contributed by atoms with Gasteiger partial charge in [-0.2, -0.15) is 0 Å². The first-order valence-electron chi connectivity index (χ1n) is 13.5. The Hall–Kier alpha value is -3.46. The summed E-state index contributed by atoms with van der Waals surface area (Å²) in [7, 11) is 0. The van der Waals surface area contributed by atoms with E-state index in [4.69, 9.17) is 9.47 Å². The van der Waals surface area contributed by atoms with E-state index in [-0.39, 0.29) is 11.7 Å². The third kappa shape index (κ3) is 6.69. The van der Waals surface area contributed by atoms with Crippen molar-refractivity contribution in [2.75, 3.05) is 13.2 Å². The van der Waals surface area contributed by atoms with Gasteiger partial charge in [0.25, 0.3) is 11.8 Å². The van der Waals surface area contributed by atoms with Gasteiger partial charge in [-0.25, -0.2) is 5.43 Å². The summed E-state index contributed by atoms with van der Waals surface area (Å²) in [5, 5.41) is 6.25. The highest BCUT2D eigenvalue weighted by atomic mass is 16.5. The van der Waals surface area contributed by atoms with Crippen molar-refractivity contribution < 1.29 is 23.9 Å². The second-order valence-corrected chi connectivity index (χ2v) is 10.4. The van der Waals surface area contributed by atoms with Crippen molar-refractivity contribution in [3.8, 4) is 0 Å². The number of hydrogen-bond donors (Lipinski definition) is 2. The molecule has 5 bridgehead atoms. The molecule has 0 unspecified atom stereocenters. The number of aromatic nitrogens is 1. The number of nitrogens with zero attached hydrogens (tertiary/aromatic N) is 2. The van der Waals surface area contributed by atoms with Gasteiger partial charge in [-0.15, -0.1) is 0 Å². The molecule has 3 heterocycles. The van der Waals surface area contributed by atoms with Crippen LogP contribution in [0.4, 0.5) is 0 Å². The van der Waals surface area contributed by atoms with E-state index in [2.05, 4.69) is 21.8 Å². The van der Waals surface area contributed by atoms with Gasteiger partial charge < -0.3 is 14.8 Å². The molecular weight excluding hydrogens is 484 g/mol. The third-order valence-corrected chi connectivity index (χ3v) is 7.00. The van der Waals surface area contributed by atoms with Crippen molar-refractivity contribution in [3.05, 3.63) is 53.1 Å². The van der Waals surface area contributed by atoms with Crippen molar-refractivity contribution in [1.82, 2.24) is 20.7 Å². The number of hydrogen-bond acceptors (Lipinski definition) is 7. The maximum absolute atomic E-state index is 13.1. The highest BCUT2D eigenvalue weighted by Crippen LogP contribution is 2.24. The molecule has 204 valence electrons. The molecule has 9 nitrogen and oxygen atoms in total. The molecule has 3 atom stereocenters. The lowest BCUT2D eigenvalue weighted by molar-refractivity contribution is -0.156. The zero-order valence-electron chi connectivity index (χ0n) is 22.7. The molecule has 0 saturated carbocycles. The maximum Gasteiger partial charge on any atom is 0.325 e. The zero-order valence-corrected chi connectivity index (χ0v) is 22.7. The number of carbonyl (C=O) groups excluding carboxylic acids is 3. The molecule has 4 rings (SSSR count). The fraction of sp³-hybridized carbons (Fsp3) is 0.517. The van der Waals surface area contributed by atoms with E-state index in [1.807, 2.05) is 45.2 Å². The predicted molar refractivity (Wildman–Crippen MR) is 144 cm³/mol. The number of esters is 1. The fourth-order valence-electron chi connectivity index (χ4n) is 4.79. The van der Waals surface area contributed by atoms with Crippen molar-refractivity contribution in [2.24, 2.45) is 0 Å². The SMILES string of the molecule is CC(C)=C1OCCCCCc2cc3cc(ccc3cn2)[C@@H](C)OC(=O)[C@@H]2CCCN(N2)C(=O)[C@H](C)NC1=O. The van der Waals surface area contributed by atoms with E-state index >= 15 is 0 Å². The average molecular weight is 523 g/mol. The number of cyclic esters (lactones) is 1. The number of nitrogens with one attached hydrogen (secondary N) is 2. The Balaban J connectivity index is 1.57. The Morgan fingerprint density at radius 1 is 1.03 bits per heavy atom. The van der Waals surface area contributed by atoms with Crippen LogP contribution < -0.4 is 10.7 Å². The Kier molecular flexibility index (Phi) is 8.99. The van der Waals surface area contributed by atoms with Crippen LogP contribution >= 0.6 is 0 Å². The summed E-state index contributed by atoms with van der Waals surface area (Å²) in [6, 6.07) is 6.64. The third-order valence-electron chi connectivity index (χ3n) is 7.00. The number of ether oxygens (including phenoxy) is 2. The lowest BCUT2D eigenvalue weighted by Crippen LogP contribution is -2.59. The van der Waals surface area contributed by atoms with Crippen molar-refractivity contribution in [2.45, 2.75) is 84.4 Å². The van der Waals surface area contributed by atoms with Crippen LogP contribution in [0.5, 0.6) is 0 Å². The van der Waals surface area contributed by atoms with Gasteiger partial charge in [0.1, 0.15) is 18.2 Å². The summed E-state index contributed by atoms with van der Waals surface area (Å²) in [5.41, 5.74) is 5.66. The number of pyridine rings is 1. The number of fused-ring (bicyclic) bond motifs is 4. The molecule has 0 spiro atoms. The van der Waals surface area contributed by atoms with Gasteiger partial charge in [0.2, 0.25) is 0 Å². The molecule has 2 aliphatic heterocycles. The van der Waals surface area contributed by atoms with Gasteiger partial charge in [0, 0.05) is 23.8 Å². The van der Waals surface area contributed by atoms with E-state index in [9.17, 15) is 14.4 Å². The Labute approximate surface area is 223 Å². The van der Waals surface area contributed by atoms with Crippen LogP contribution in [0.25, 0.3) is 10.8 Å². The van der Waals surface area contributed by atoms with Gasteiger partial charge in [0.15, 0.2) is 5.76 Å². The molecule has 2 aliphatic rings. The molecule has 2 N–H and O–H groups in total. The molecule has 2 aromatic rings. The number of hydrazine groups is 1.